The first-order valence-electron chi connectivity index (χ1n) is 7.28. The van der Waals surface area contributed by atoms with Crippen LogP contribution in [-0.2, 0) is 12.8 Å². The van der Waals surface area contributed by atoms with Crippen LogP contribution in [0.25, 0.3) is 0 Å². The van der Waals surface area contributed by atoms with E-state index in [2.05, 4.69) is 28.9 Å². The van der Waals surface area contributed by atoms with Gasteiger partial charge >= 0.3 is 0 Å². The standard InChI is InChI=1S/C14H25N3O2/c1-10(2)17-6-4-12(5-7-17)9-14-15-13(16-19-14)8-11(3)18/h10-12,18H,4-9H2,1-3H3. The van der Waals surface area contributed by atoms with E-state index < -0.39 is 6.10 Å². The van der Waals surface area contributed by atoms with Crippen molar-refractivity contribution in [1.29, 1.82) is 0 Å². The molecule has 108 valence electrons. The summed E-state index contributed by atoms with van der Waals surface area (Å²) in [5.74, 6) is 1.98. The molecule has 0 spiro atoms. The SMILES string of the molecule is CC(O)Cc1noc(CC2CCN(C(C)C)CC2)n1. The van der Waals surface area contributed by atoms with Crippen LogP contribution < -0.4 is 0 Å². The fourth-order valence-corrected chi connectivity index (χ4v) is 2.64. The molecule has 2 rings (SSSR count). The Kier molecular flexibility index (Phi) is 4.93. The van der Waals surface area contributed by atoms with E-state index in [4.69, 9.17) is 4.52 Å². The van der Waals surface area contributed by atoms with Crippen LogP contribution in [-0.4, -0.2) is 45.4 Å². The number of aliphatic hydroxyl groups excluding tert-OH is 1. The highest BCUT2D eigenvalue weighted by Gasteiger charge is 2.22. The third-order valence-corrected chi connectivity index (χ3v) is 3.83. The van der Waals surface area contributed by atoms with Crippen LogP contribution in [0.1, 0.15) is 45.3 Å². The lowest BCUT2D eigenvalue weighted by Crippen LogP contribution is -2.38. The molecule has 0 radical (unpaired) electrons. The van der Waals surface area contributed by atoms with Gasteiger partial charge in [0.2, 0.25) is 5.89 Å². The highest BCUT2D eigenvalue weighted by atomic mass is 16.5. The van der Waals surface area contributed by atoms with E-state index in [0.717, 1.165) is 25.4 Å². The Hall–Kier alpha value is -0.940. The van der Waals surface area contributed by atoms with Gasteiger partial charge < -0.3 is 14.5 Å². The molecule has 1 fully saturated rings. The van der Waals surface area contributed by atoms with Gasteiger partial charge in [-0.3, -0.25) is 0 Å². The number of aromatic nitrogens is 2. The summed E-state index contributed by atoms with van der Waals surface area (Å²) in [6.45, 7) is 8.56. The second kappa shape index (κ2) is 6.48. The first-order chi connectivity index (χ1) is 9.04. The van der Waals surface area contributed by atoms with Gasteiger partial charge in [-0.15, -0.1) is 0 Å². The van der Waals surface area contributed by atoms with Gasteiger partial charge in [0.25, 0.3) is 0 Å². The molecule has 1 aromatic rings. The van der Waals surface area contributed by atoms with Crippen molar-refractivity contribution in [2.45, 2.75) is 58.6 Å². The number of hydrogen-bond donors (Lipinski definition) is 1. The highest BCUT2D eigenvalue weighted by molar-refractivity contribution is 4.90. The van der Waals surface area contributed by atoms with Crippen molar-refractivity contribution in [3.8, 4) is 0 Å². The third-order valence-electron chi connectivity index (χ3n) is 3.83. The molecule has 1 unspecified atom stereocenters. The van der Waals surface area contributed by atoms with Gasteiger partial charge in [-0.2, -0.15) is 4.98 Å². The number of hydrogen-bond acceptors (Lipinski definition) is 5. The predicted octanol–water partition coefficient (Wildman–Crippen LogP) is 1.66. The van der Waals surface area contributed by atoms with E-state index in [-0.39, 0.29) is 0 Å². The van der Waals surface area contributed by atoms with Crippen LogP contribution in [0, 0.1) is 5.92 Å². The number of aliphatic hydroxyl groups is 1. The van der Waals surface area contributed by atoms with Gasteiger partial charge in [-0.25, -0.2) is 0 Å². The maximum Gasteiger partial charge on any atom is 0.226 e. The van der Waals surface area contributed by atoms with Gasteiger partial charge in [0.1, 0.15) is 0 Å². The highest BCUT2D eigenvalue weighted by Crippen LogP contribution is 2.22. The fraction of sp³-hybridized carbons (Fsp3) is 0.857. The summed E-state index contributed by atoms with van der Waals surface area (Å²) >= 11 is 0. The van der Waals surface area contributed by atoms with E-state index in [1.54, 1.807) is 6.92 Å². The van der Waals surface area contributed by atoms with E-state index in [9.17, 15) is 5.11 Å². The molecule has 19 heavy (non-hydrogen) atoms. The van der Waals surface area contributed by atoms with Gasteiger partial charge in [0.05, 0.1) is 6.10 Å². The zero-order chi connectivity index (χ0) is 13.8. The van der Waals surface area contributed by atoms with Crippen LogP contribution in [0.5, 0.6) is 0 Å². The molecule has 0 bridgehead atoms. The Morgan fingerprint density at radius 2 is 2.00 bits per heavy atom. The smallest absolute Gasteiger partial charge is 0.226 e. The van der Waals surface area contributed by atoms with Crippen molar-refractivity contribution in [1.82, 2.24) is 15.0 Å². The molecule has 2 heterocycles. The van der Waals surface area contributed by atoms with Crippen molar-refractivity contribution in [3.05, 3.63) is 11.7 Å². The first-order valence-corrected chi connectivity index (χ1v) is 7.28. The van der Waals surface area contributed by atoms with Crippen molar-refractivity contribution >= 4 is 0 Å². The molecule has 0 saturated carbocycles. The fourth-order valence-electron chi connectivity index (χ4n) is 2.64. The van der Waals surface area contributed by atoms with Crippen LogP contribution in [0.2, 0.25) is 0 Å². The van der Waals surface area contributed by atoms with Crippen molar-refractivity contribution in [3.63, 3.8) is 0 Å². The van der Waals surface area contributed by atoms with Crippen molar-refractivity contribution in [2.24, 2.45) is 5.92 Å². The molecular weight excluding hydrogens is 242 g/mol. The molecular formula is C14H25N3O2. The molecule has 0 aromatic carbocycles. The van der Waals surface area contributed by atoms with Crippen LogP contribution in [0.4, 0.5) is 0 Å². The Morgan fingerprint density at radius 1 is 1.32 bits per heavy atom. The molecule has 5 nitrogen and oxygen atoms in total. The molecule has 1 aromatic heterocycles. The molecule has 5 heteroatoms. The summed E-state index contributed by atoms with van der Waals surface area (Å²) in [6, 6.07) is 0.641. The van der Waals surface area contributed by atoms with E-state index in [1.807, 2.05) is 0 Å². The number of likely N-dealkylation sites (tertiary alicyclic amines) is 1. The van der Waals surface area contributed by atoms with Crippen LogP contribution >= 0.6 is 0 Å². The molecule has 0 amide bonds. The van der Waals surface area contributed by atoms with E-state index in [0.29, 0.717) is 24.2 Å². The molecule has 1 aliphatic heterocycles. The van der Waals surface area contributed by atoms with Gasteiger partial charge in [0.15, 0.2) is 5.82 Å². The molecule has 1 aliphatic rings. The van der Waals surface area contributed by atoms with Gasteiger partial charge in [-0.05, 0) is 52.6 Å². The number of rotatable bonds is 5. The van der Waals surface area contributed by atoms with E-state index >= 15 is 0 Å². The average Bonchev–Trinajstić information content (AvgIpc) is 2.76. The lowest BCUT2D eigenvalue weighted by atomic mass is 9.93. The summed E-state index contributed by atoms with van der Waals surface area (Å²) in [4.78, 5) is 6.86. The summed E-state index contributed by atoms with van der Waals surface area (Å²) in [5, 5.41) is 13.2. The first kappa shape index (κ1) is 14.5. The number of piperidine rings is 1. The largest absolute Gasteiger partial charge is 0.393 e. The van der Waals surface area contributed by atoms with E-state index in [1.165, 1.54) is 12.8 Å². The Morgan fingerprint density at radius 3 is 2.58 bits per heavy atom. The van der Waals surface area contributed by atoms with Crippen molar-refractivity contribution < 1.29 is 9.63 Å². The Labute approximate surface area is 115 Å². The minimum absolute atomic E-state index is 0.417. The van der Waals surface area contributed by atoms with Gasteiger partial charge in [-0.1, -0.05) is 5.16 Å². The summed E-state index contributed by atoms with van der Waals surface area (Å²) in [7, 11) is 0. The summed E-state index contributed by atoms with van der Waals surface area (Å²) in [6.07, 6.45) is 3.33. The third kappa shape index (κ3) is 4.28. The molecule has 1 N–H and O–H groups in total. The molecule has 1 saturated heterocycles. The lowest BCUT2D eigenvalue weighted by molar-refractivity contribution is 0.145. The summed E-state index contributed by atoms with van der Waals surface area (Å²) in [5.41, 5.74) is 0. The second-order valence-electron chi connectivity index (χ2n) is 5.93. The number of nitrogens with zero attached hydrogens (tertiary/aromatic N) is 3. The summed E-state index contributed by atoms with van der Waals surface area (Å²) < 4.78 is 5.26. The molecule has 0 aliphatic carbocycles. The maximum atomic E-state index is 9.29. The quantitative estimate of drug-likeness (QED) is 0.879. The lowest BCUT2D eigenvalue weighted by Gasteiger charge is -2.34. The molecule has 1 atom stereocenters. The minimum Gasteiger partial charge on any atom is -0.393 e. The second-order valence-corrected chi connectivity index (χ2v) is 5.93. The van der Waals surface area contributed by atoms with Gasteiger partial charge in [0, 0.05) is 18.9 Å². The Balaban J connectivity index is 1.80. The average molecular weight is 267 g/mol. The van der Waals surface area contributed by atoms with Crippen LogP contribution in [0.15, 0.2) is 4.52 Å². The van der Waals surface area contributed by atoms with Crippen LogP contribution in [0.3, 0.4) is 0 Å². The Bertz CT molecular complexity index is 382. The zero-order valence-electron chi connectivity index (χ0n) is 12.2. The van der Waals surface area contributed by atoms with Crippen molar-refractivity contribution in [2.75, 3.05) is 13.1 Å². The normalized spacial score (nSPS) is 20.1. The predicted molar refractivity (Wildman–Crippen MR) is 72.8 cm³/mol. The zero-order valence-corrected chi connectivity index (χ0v) is 12.2. The topological polar surface area (TPSA) is 62.4 Å². The maximum absolute atomic E-state index is 9.29. The monoisotopic (exact) mass is 267 g/mol. The minimum atomic E-state index is -0.417.